The van der Waals surface area contributed by atoms with E-state index in [2.05, 4.69) is 50.3 Å². The number of allylic oxidation sites excluding steroid dienone is 6. The lowest BCUT2D eigenvalue weighted by molar-refractivity contribution is -0.870. The Kier molecular flexibility index (Phi) is 32.0. The maximum Gasteiger partial charge on any atom is 0.306 e. The van der Waals surface area contributed by atoms with Gasteiger partial charge in [0.15, 0.2) is 12.4 Å². The predicted octanol–water partition coefficient (Wildman–Crippen LogP) is 8.16. The highest BCUT2D eigenvalue weighted by Crippen LogP contribution is 2.12. The molecule has 0 aliphatic heterocycles. The van der Waals surface area contributed by atoms with Crippen LogP contribution in [0.25, 0.3) is 0 Å². The number of rotatable bonds is 35. The van der Waals surface area contributed by atoms with Gasteiger partial charge in [-0.25, -0.2) is 0 Å². The Hall–Kier alpha value is -2.49. The molecule has 0 aromatic heterocycles. The zero-order chi connectivity index (χ0) is 37.1. The summed E-state index contributed by atoms with van der Waals surface area (Å²) in [6.07, 6.45) is 31.8. The number of aliphatic carboxylic acids is 1. The molecule has 9 nitrogen and oxygen atoms in total. The Morgan fingerprint density at radius 1 is 0.600 bits per heavy atom. The van der Waals surface area contributed by atoms with Crippen molar-refractivity contribution in [2.75, 3.05) is 47.5 Å². The van der Waals surface area contributed by atoms with Crippen LogP contribution in [0.1, 0.15) is 149 Å². The van der Waals surface area contributed by atoms with Gasteiger partial charge in [0.05, 0.1) is 40.3 Å². The third-order valence-corrected chi connectivity index (χ3v) is 8.09. The zero-order valence-electron chi connectivity index (χ0n) is 32.5. The van der Waals surface area contributed by atoms with E-state index in [1.54, 1.807) is 0 Å². The second-order valence-corrected chi connectivity index (χ2v) is 14.2. The number of carboxylic acids is 1. The van der Waals surface area contributed by atoms with E-state index in [0.29, 0.717) is 17.4 Å². The van der Waals surface area contributed by atoms with Crippen LogP contribution >= 0.6 is 0 Å². The van der Waals surface area contributed by atoms with Gasteiger partial charge in [0.1, 0.15) is 13.2 Å². The van der Waals surface area contributed by atoms with Gasteiger partial charge in [-0.15, -0.1) is 0 Å². The molecule has 0 rings (SSSR count). The normalized spacial score (nSPS) is 13.4. The van der Waals surface area contributed by atoms with E-state index in [-0.39, 0.29) is 38.6 Å². The standard InChI is InChI=1S/C41H73NO8/c1-6-8-10-12-14-16-18-19-20-21-22-24-26-28-30-32-39(44)50-37(36-49-41(40(45)46)47-34-33-42(3,4)5)35-48-38(43)31-29-27-25-23-17-15-13-11-9-7-2/h11,13-14,16,19-20,37,41H,6-10,12,15,17-18,21-36H2,1-5H3/b13-11-,16-14-,20-19-. The minimum Gasteiger partial charge on any atom is -0.545 e. The largest absolute Gasteiger partial charge is 0.545 e. The summed E-state index contributed by atoms with van der Waals surface area (Å²) in [6, 6.07) is 0. The molecule has 0 radical (unpaired) electrons. The molecule has 0 fully saturated rings. The van der Waals surface area contributed by atoms with Crippen LogP contribution in [0.15, 0.2) is 36.5 Å². The molecule has 0 bridgehead atoms. The summed E-state index contributed by atoms with van der Waals surface area (Å²) in [7, 11) is 5.88. The topological polar surface area (TPSA) is 111 Å². The molecular formula is C41H73NO8. The van der Waals surface area contributed by atoms with E-state index in [9.17, 15) is 19.5 Å². The summed E-state index contributed by atoms with van der Waals surface area (Å²) in [6.45, 7) is 4.59. The highest BCUT2D eigenvalue weighted by atomic mass is 16.7. The van der Waals surface area contributed by atoms with Crippen LogP contribution in [0.5, 0.6) is 0 Å². The van der Waals surface area contributed by atoms with Gasteiger partial charge in [-0.05, 0) is 64.2 Å². The maximum absolute atomic E-state index is 12.7. The molecule has 0 aromatic rings. The smallest absolute Gasteiger partial charge is 0.306 e. The summed E-state index contributed by atoms with van der Waals surface area (Å²) in [5.74, 6) is -2.32. The second kappa shape index (κ2) is 33.6. The lowest BCUT2D eigenvalue weighted by Crippen LogP contribution is -2.44. The third kappa shape index (κ3) is 34.0. The Morgan fingerprint density at radius 2 is 1.12 bits per heavy atom. The van der Waals surface area contributed by atoms with E-state index in [0.717, 1.165) is 83.5 Å². The predicted molar refractivity (Wildman–Crippen MR) is 200 cm³/mol. The van der Waals surface area contributed by atoms with E-state index in [4.69, 9.17) is 18.9 Å². The molecular weight excluding hydrogens is 634 g/mol. The van der Waals surface area contributed by atoms with E-state index < -0.39 is 24.3 Å². The molecule has 0 spiro atoms. The molecule has 9 heteroatoms. The fourth-order valence-electron chi connectivity index (χ4n) is 4.98. The maximum atomic E-state index is 12.7. The minimum absolute atomic E-state index is 0.143. The van der Waals surface area contributed by atoms with Gasteiger partial charge in [0.2, 0.25) is 0 Å². The monoisotopic (exact) mass is 708 g/mol. The van der Waals surface area contributed by atoms with Gasteiger partial charge in [0, 0.05) is 12.8 Å². The van der Waals surface area contributed by atoms with Gasteiger partial charge < -0.3 is 33.3 Å². The van der Waals surface area contributed by atoms with Crippen molar-refractivity contribution < 1.29 is 42.9 Å². The Balaban J connectivity index is 4.56. The van der Waals surface area contributed by atoms with Gasteiger partial charge in [-0.1, -0.05) is 108 Å². The quantitative estimate of drug-likeness (QED) is 0.0213. The number of nitrogens with zero attached hydrogens (tertiary/aromatic N) is 1. The first-order valence-electron chi connectivity index (χ1n) is 19.6. The van der Waals surface area contributed by atoms with Gasteiger partial charge >= 0.3 is 11.9 Å². The first kappa shape index (κ1) is 47.5. The van der Waals surface area contributed by atoms with Crippen LogP contribution in [-0.4, -0.2) is 82.3 Å². The first-order chi connectivity index (χ1) is 24.1. The average molecular weight is 708 g/mol. The van der Waals surface area contributed by atoms with Crippen molar-refractivity contribution in [2.45, 2.75) is 161 Å². The summed E-state index contributed by atoms with van der Waals surface area (Å²) < 4.78 is 22.4. The van der Waals surface area contributed by atoms with Crippen molar-refractivity contribution in [3.63, 3.8) is 0 Å². The van der Waals surface area contributed by atoms with Crippen molar-refractivity contribution in [1.82, 2.24) is 0 Å². The van der Waals surface area contributed by atoms with Gasteiger partial charge in [-0.2, -0.15) is 0 Å². The van der Waals surface area contributed by atoms with Crippen LogP contribution in [0.2, 0.25) is 0 Å². The fourth-order valence-corrected chi connectivity index (χ4v) is 4.98. The molecule has 50 heavy (non-hydrogen) atoms. The van der Waals surface area contributed by atoms with E-state index >= 15 is 0 Å². The number of hydrogen-bond donors (Lipinski definition) is 0. The first-order valence-corrected chi connectivity index (χ1v) is 19.6. The number of esters is 2. The van der Waals surface area contributed by atoms with Crippen LogP contribution in [0.3, 0.4) is 0 Å². The lowest BCUT2D eigenvalue weighted by atomic mass is 10.1. The van der Waals surface area contributed by atoms with Gasteiger partial charge in [0.25, 0.3) is 0 Å². The van der Waals surface area contributed by atoms with Crippen LogP contribution in [0, 0.1) is 0 Å². The molecule has 2 atom stereocenters. The SMILES string of the molecule is CCC/C=C\CCCCCCCC(=O)OCC(COC(OCC[N+](C)(C)C)C(=O)[O-])OC(=O)CCCCCCC/C=C\C/C=C\CCCCC. The number of ether oxygens (including phenoxy) is 4. The van der Waals surface area contributed by atoms with Crippen molar-refractivity contribution in [3.05, 3.63) is 36.5 Å². The zero-order valence-corrected chi connectivity index (χ0v) is 32.5. The van der Waals surface area contributed by atoms with E-state index in [1.807, 2.05) is 21.1 Å². The lowest BCUT2D eigenvalue weighted by Gasteiger charge is -2.26. The molecule has 0 aromatic carbocycles. The van der Waals surface area contributed by atoms with Crippen molar-refractivity contribution in [1.29, 1.82) is 0 Å². The Labute approximate surface area is 305 Å². The molecule has 0 amide bonds. The summed E-state index contributed by atoms with van der Waals surface area (Å²) in [5, 5.41) is 11.6. The minimum atomic E-state index is -1.62. The molecule has 0 saturated heterocycles. The van der Waals surface area contributed by atoms with Crippen molar-refractivity contribution in [2.24, 2.45) is 0 Å². The Morgan fingerprint density at radius 3 is 1.68 bits per heavy atom. The van der Waals surface area contributed by atoms with Crippen molar-refractivity contribution >= 4 is 17.9 Å². The number of quaternary nitrogens is 1. The van der Waals surface area contributed by atoms with Crippen molar-refractivity contribution in [3.8, 4) is 0 Å². The molecule has 0 N–H and O–H groups in total. The van der Waals surface area contributed by atoms with Gasteiger partial charge in [-0.3, -0.25) is 9.59 Å². The second-order valence-electron chi connectivity index (χ2n) is 14.2. The summed E-state index contributed by atoms with van der Waals surface area (Å²) in [5.41, 5.74) is 0. The van der Waals surface area contributed by atoms with Crippen LogP contribution < -0.4 is 5.11 Å². The average Bonchev–Trinajstić information content (AvgIpc) is 3.06. The highest BCUT2D eigenvalue weighted by Gasteiger charge is 2.21. The van der Waals surface area contributed by atoms with Crippen LogP contribution in [-0.2, 0) is 33.3 Å². The number of likely N-dealkylation sites (N-methyl/N-ethyl adjacent to an activating group) is 1. The molecule has 0 heterocycles. The summed E-state index contributed by atoms with van der Waals surface area (Å²) >= 11 is 0. The van der Waals surface area contributed by atoms with E-state index in [1.165, 1.54) is 32.1 Å². The molecule has 0 saturated carbocycles. The molecule has 290 valence electrons. The fraction of sp³-hybridized carbons (Fsp3) is 0.780. The highest BCUT2D eigenvalue weighted by molar-refractivity contribution is 5.70. The number of carbonyl (C=O) groups excluding carboxylic acids is 3. The Bertz CT molecular complexity index is 924. The number of carboxylic acid groups (broad SMARTS) is 1. The molecule has 0 aliphatic carbocycles. The third-order valence-electron chi connectivity index (χ3n) is 8.09. The molecule has 0 aliphatic rings. The number of carbonyl (C=O) groups is 3. The number of hydrogen-bond acceptors (Lipinski definition) is 8. The van der Waals surface area contributed by atoms with Crippen LogP contribution in [0.4, 0.5) is 0 Å². The molecule has 2 unspecified atom stereocenters. The summed E-state index contributed by atoms with van der Waals surface area (Å²) in [4.78, 5) is 36.7. The number of unbranched alkanes of at least 4 members (excludes halogenated alkanes) is 14.